The summed E-state index contributed by atoms with van der Waals surface area (Å²) in [6.45, 7) is 5.41. The summed E-state index contributed by atoms with van der Waals surface area (Å²) in [5.74, 6) is -0.316. The predicted molar refractivity (Wildman–Crippen MR) is 108 cm³/mol. The monoisotopic (exact) mass is 380 g/mol. The largest absolute Gasteiger partial charge is 0.341 e. The van der Waals surface area contributed by atoms with Crippen molar-refractivity contribution in [2.45, 2.75) is 45.6 Å². The third-order valence-electron chi connectivity index (χ3n) is 6.27. The van der Waals surface area contributed by atoms with Gasteiger partial charge in [-0.15, -0.1) is 0 Å². The standard InChI is InChI=1S/C22H28N4O2/c1-15-4-6-17(7-5-15)19-14-18(24-25(19)3)20(27)23-16(2)21(28)26-12-10-22(8-9-22)11-13-26/h4-7,14,16H,8-13H2,1-3H3,(H,23,27)/t16-/m1/s1. The lowest BCUT2D eigenvalue weighted by atomic mass is 9.93. The SMILES string of the molecule is Cc1ccc(-c2cc(C(=O)N[C@H](C)C(=O)N3CCC4(CC3)CC4)nn2C)cc1. The zero-order chi connectivity index (χ0) is 19.9. The van der Waals surface area contributed by atoms with Gasteiger partial charge in [0.15, 0.2) is 5.69 Å². The van der Waals surface area contributed by atoms with Crippen molar-refractivity contribution in [3.05, 3.63) is 41.6 Å². The Hall–Kier alpha value is -2.63. The molecule has 1 saturated carbocycles. The summed E-state index contributed by atoms with van der Waals surface area (Å²) < 4.78 is 1.70. The Morgan fingerprint density at radius 1 is 1.11 bits per heavy atom. The second-order valence-electron chi connectivity index (χ2n) is 8.42. The van der Waals surface area contributed by atoms with Crippen LogP contribution in [0.2, 0.25) is 0 Å². The highest BCUT2D eigenvalue weighted by molar-refractivity contribution is 5.96. The summed E-state index contributed by atoms with van der Waals surface area (Å²) in [7, 11) is 1.82. The van der Waals surface area contributed by atoms with Crippen molar-refractivity contribution < 1.29 is 9.59 Å². The second kappa shape index (κ2) is 7.08. The molecule has 28 heavy (non-hydrogen) atoms. The van der Waals surface area contributed by atoms with E-state index in [4.69, 9.17) is 0 Å². The number of hydrogen-bond donors (Lipinski definition) is 1. The van der Waals surface area contributed by atoms with Gasteiger partial charge < -0.3 is 10.2 Å². The lowest BCUT2D eigenvalue weighted by Crippen LogP contribution is -2.49. The normalized spacial score (nSPS) is 18.8. The van der Waals surface area contributed by atoms with Crippen LogP contribution in [-0.4, -0.2) is 45.6 Å². The van der Waals surface area contributed by atoms with E-state index in [-0.39, 0.29) is 11.8 Å². The molecule has 2 aliphatic rings. The number of likely N-dealkylation sites (tertiary alicyclic amines) is 1. The molecule has 1 aliphatic carbocycles. The fraction of sp³-hybridized carbons (Fsp3) is 0.500. The Morgan fingerprint density at radius 2 is 1.75 bits per heavy atom. The molecule has 2 fully saturated rings. The highest BCUT2D eigenvalue weighted by atomic mass is 16.2. The van der Waals surface area contributed by atoms with Crippen LogP contribution in [0.4, 0.5) is 0 Å². The summed E-state index contributed by atoms with van der Waals surface area (Å²) in [5, 5.41) is 7.17. The topological polar surface area (TPSA) is 67.2 Å². The molecule has 2 aromatic rings. The Morgan fingerprint density at radius 3 is 2.36 bits per heavy atom. The first-order chi connectivity index (χ1) is 13.4. The maximum absolute atomic E-state index is 12.7. The van der Waals surface area contributed by atoms with E-state index < -0.39 is 6.04 Å². The zero-order valence-corrected chi connectivity index (χ0v) is 16.9. The minimum Gasteiger partial charge on any atom is -0.341 e. The molecular formula is C22H28N4O2. The molecule has 1 N–H and O–H groups in total. The van der Waals surface area contributed by atoms with Crippen molar-refractivity contribution in [2.75, 3.05) is 13.1 Å². The van der Waals surface area contributed by atoms with Gasteiger partial charge in [-0.3, -0.25) is 14.3 Å². The van der Waals surface area contributed by atoms with E-state index >= 15 is 0 Å². The molecule has 1 aromatic carbocycles. The van der Waals surface area contributed by atoms with Gasteiger partial charge in [0.05, 0.1) is 5.69 Å². The minimum atomic E-state index is -0.550. The highest BCUT2D eigenvalue weighted by Crippen LogP contribution is 2.53. The molecule has 2 heterocycles. The van der Waals surface area contributed by atoms with Gasteiger partial charge in [-0.2, -0.15) is 5.10 Å². The van der Waals surface area contributed by atoms with Crippen molar-refractivity contribution in [1.82, 2.24) is 20.0 Å². The van der Waals surface area contributed by atoms with Gasteiger partial charge in [0.1, 0.15) is 6.04 Å². The molecule has 6 heteroatoms. The number of rotatable bonds is 4. The number of aryl methyl sites for hydroxylation is 2. The van der Waals surface area contributed by atoms with Crippen molar-refractivity contribution in [2.24, 2.45) is 12.5 Å². The van der Waals surface area contributed by atoms with Crippen LogP contribution < -0.4 is 5.32 Å². The number of nitrogens with one attached hydrogen (secondary N) is 1. The quantitative estimate of drug-likeness (QED) is 0.887. The zero-order valence-electron chi connectivity index (χ0n) is 16.9. The van der Waals surface area contributed by atoms with Crippen LogP contribution in [0.25, 0.3) is 11.3 Å². The second-order valence-corrected chi connectivity index (χ2v) is 8.42. The summed E-state index contributed by atoms with van der Waals surface area (Å²) >= 11 is 0. The van der Waals surface area contributed by atoms with E-state index in [1.54, 1.807) is 17.7 Å². The molecule has 1 aliphatic heterocycles. The number of aromatic nitrogens is 2. The number of carbonyl (C=O) groups excluding carboxylic acids is 2. The van der Waals surface area contributed by atoms with E-state index in [9.17, 15) is 9.59 Å². The number of hydrogen-bond acceptors (Lipinski definition) is 3. The summed E-state index contributed by atoms with van der Waals surface area (Å²) in [6.07, 6.45) is 4.81. The molecule has 0 unspecified atom stereocenters. The average molecular weight is 380 g/mol. The van der Waals surface area contributed by atoms with Crippen molar-refractivity contribution in [3.63, 3.8) is 0 Å². The van der Waals surface area contributed by atoms with Crippen LogP contribution in [0.5, 0.6) is 0 Å². The summed E-state index contributed by atoms with van der Waals surface area (Å²) in [5.41, 5.74) is 3.92. The van der Waals surface area contributed by atoms with Crippen LogP contribution in [0.1, 0.15) is 48.7 Å². The maximum Gasteiger partial charge on any atom is 0.272 e. The molecule has 1 aromatic heterocycles. The first-order valence-electron chi connectivity index (χ1n) is 10.1. The van der Waals surface area contributed by atoms with Crippen molar-refractivity contribution in [1.29, 1.82) is 0 Å². The summed E-state index contributed by atoms with van der Waals surface area (Å²) in [6, 6.07) is 9.33. The number of benzene rings is 1. The number of carbonyl (C=O) groups is 2. The van der Waals surface area contributed by atoms with Crippen LogP contribution in [0.3, 0.4) is 0 Å². The number of nitrogens with zero attached hydrogens (tertiary/aromatic N) is 3. The molecule has 2 amide bonds. The Bertz CT molecular complexity index is 886. The molecule has 1 saturated heterocycles. The molecule has 0 radical (unpaired) electrons. The first-order valence-corrected chi connectivity index (χ1v) is 10.1. The predicted octanol–water partition coefficient (Wildman–Crippen LogP) is 2.92. The van der Waals surface area contributed by atoms with E-state index in [1.807, 2.05) is 43.1 Å². The van der Waals surface area contributed by atoms with Crippen LogP contribution in [0, 0.1) is 12.3 Å². The number of piperidine rings is 1. The molecule has 1 spiro atoms. The first kappa shape index (κ1) is 18.7. The molecular weight excluding hydrogens is 352 g/mol. The van der Waals surface area contributed by atoms with E-state index in [0.717, 1.165) is 37.2 Å². The molecule has 148 valence electrons. The van der Waals surface area contributed by atoms with Crippen LogP contribution >= 0.6 is 0 Å². The molecule has 1 atom stereocenters. The van der Waals surface area contributed by atoms with Crippen LogP contribution in [0.15, 0.2) is 30.3 Å². The Kier molecular flexibility index (Phi) is 4.73. The van der Waals surface area contributed by atoms with E-state index in [1.165, 1.54) is 18.4 Å². The highest BCUT2D eigenvalue weighted by Gasteiger charge is 2.45. The van der Waals surface area contributed by atoms with Gasteiger partial charge in [0.25, 0.3) is 5.91 Å². The fourth-order valence-corrected chi connectivity index (χ4v) is 4.06. The van der Waals surface area contributed by atoms with Crippen molar-refractivity contribution >= 4 is 11.8 Å². The van der Waals surface area contributed by atoms with Crippen LogP contribution in [-0.2, 0) is 11.8 Å². The van der Waals surface area contributed by atoms with E-state index in [2.05, 4.69) is 10.4 Å². The molecule has 4 rings (SSSR count). The fourth-order valence-electron chi connectivity index (χ4n) is 4.06. The smallest absolute Gasteiger partial charge is 0.272 e. The van der Waals surface area contributed by atoms with Gasteiger partial charge in [-0.05, 0) is 56.6 Å². The van der Waals surface area contributed by atoms with Gasteiger partial charge in [-0.25, -0.2) is 0 Å². The van der Waals surface area contributed by atoms with Gasteiger partial charge in [-0.1, -0.05) is 29.8 Å². The molecule has 6 nitrogen and oxygen atoms in total. The van der Waals surface area contributed by atoms with E-state index in [0.29, 0.717) is 11.1 Å². The Balaban J connectivity index is 1.39. The average Bonchev–Trinajstić information content (AvgIpc) is 3.32. The van der Waals surface area contributed by atoms with Crippen molar-refractivity contribution in [3.8, 4) is 11.3 Å². The lowest BCUT2D eigenvalue weighted by molar-refractivity contribution is -0.134. The minimum absolute atomic E-state index is 0.00135. The Labute approximate surface area is 165 Å². The summed E-state index contributed by atoms with van der Waals surface area (Å²) in [4.78, 5) is 27.2. The van der Waals surface area contributed by atoms with Gasteiger partial charge in [0, 0.05) is 20.1 Å². The third-order valence-corrected chi connectivity index (χ3v) is 6.27. The van der Waals surface area contributed by atoms with Gasteiger partial charge >= 0.3 is 0 Å². The maximum atomic E-state index is 12.7. The molecule has 0 bridgehead atoms. The van der Waals surface area contributed by atoms with Gasteiger partial charge in [0.2, 0.25) is 5.91 Å². The lowest BCUT2D eigenvalue weighted by Gasteiger charge is -2.33. The number of amides is 2. The third kappa shape index (κ3) is 3.68.